The van der Waals surface area contributed by atoms with Gasteiger partial charge in [-0.05, 0) is 26.2 Å². The number of carbonyl (C=O) groups excluding carboxylic acids is 1. The summed E-state index contributed by atoms with van der Waals surface area (Å²) in [6.45, 7) is 9.59. The summed E-state index contributed by atoms with van der Waals surface area (Å²) >= 11 is 0. The van der Waals surface area contributed by atoms with Crippen LogP contribution in [-0.2, 0) is 9.53 Å². The molecule has 0 aliphatic heterocycles. The van der Waals surface area contributed by atoms with Crippen LogP contribution in [0.1, 0.15) is 40.5 Å². The van der Waals surface area contributed by atoms with Crippen molar-refractivity contribution in [2.24, 2.45) is 5.92 Å². The third-order valence-corrected chi connectivity index (χ3v) is 2.99. The molecule has 0 aromatic rings. The molecule has 0 aliphatic carbocycles. The molecule has 4 nitrogen and oxygen atoms in total. The van der Waals surface area contributed by atoms with E-state index in [0.717, 1.165) is 6.42 Å². The van der Waals surface area contributed by atoms with Crippen LogP contribution in [0.5, 0.6) is 0 Å². The predicted octanol–water partition coefficient (Wildman–Crippen LogP) is 1.55. The van der Waals surface area contributed by atoms with Crippen molar-refractivity contribution in [1.29, 1.82) is 0 Å². The number of hydrogen-bond acceptors (Lipinski definition) is 3. The second-order valence-electron chi connectivity index (χ2n) is 4.82. The monoisotopic (exact) mass is 244 g/mol. The Kier molecular flexibility index (Phi) is 9.09. The minimum absolute atomic E-state index is 0.0399. The summed E-state index contributed by atoms with van der Waals surface area (Å²) in [6.07, 6.45) is 2.28. The van der Waals surface area contributed by atoms with Crippen molar-refractivity contribution in [2.45, 2.75) is 52.6 Å². The second-order valence-corrected chi connectivity index (χ2v) is 4.82. The number of ether oxygens (including phenoxy) is 1. The van der Waals surface area contributed by atoms with E-state index in [2.05, 4.69) is 31.4 Å². The van der Waals surface area contributed by atoms with Crippen molar-refractivity contribution >= 4 is 5.91 Å². The van der Waals surface area contributed by atoms with Gasteiger partial charge >= 0.3 is 0 Å². The standard InChI is InChI=1S/C13H28N2O2/c1-6-10(2)9-11(3)15-12(4)13(16)14-7-8-17-5/h10-12,15H,6-9H2,1-5H3,(H,14,16). The zero-order valence-corrected chi connectivity index (χ0v) is 11.9. The Balaban J connectivity index is 3.82. The SMILES string of the molecule is CCC(C)CC(C)NC(C)C(=O)NCCOC. The normalized spacial score (nSPS) is 16.3. The Morgan fingerprint density at radius 1 is 1.29 bits per heavy atom. The average molecular weight is 244 g/mol. The van der Waals surface area contributed by atoms with Crippen molar-refractivity contribution in [2.75, 3.05) is 20.3 Å². The smallest absolute Gasteiger partial charge is 0.236 e. The van der Waals surface area contributed by atoms with Crippen molar-refractivity contribution in [3.63, 3.8) is 0 Å². The average Bonchev–Trinajstić information content (AvgIpc) is 2.28. The quantitative estimate of drug-likeness (QED) is 0.605. The van der Waals surface area contributed by atoms with Crippen LogP contribution in [0.15, 0.2) is 0 Å². The molecule has 0 rings (SSSR count). The highest BCUT2D eigenvalue weighted by Gasteiger charge is 2.15. The van der Waals surface area contributed by atoms with Gasteiger partial charge in [0, 0.05) is 19.7 Å². The molecular weight excluding hydrogens is 216 g/mol. The van der Waals surface area contributed by atoms with Crippen LogP contribution in [0, 0.1) is 5.92 Å². The molecule has 4 heteroatoms. The first kappa shape index (κ1) is 16.4. The summed E-state index contributed by atoms with van der Waals surface area (Å²) in [5.74, 6) is 0.735. The topological polar surface area (TPSA) is 50.4 Å². The predicted molar refractivity (Wildman–Crippen MR) is 71.0 cm³/mol. The fourth-order valence-electron chi connectivity index (χ4n) is 1.77. The molecular formula is C13H28N2O2. The lowest BCUT2D eigenvalue weighted by Gasteiger charge is -2.21. The number of rotatable bonds is 9. The van der Waals surface area contributed by atoms with Crippen molar-refractivity contribution in [1.82, 2.24) is 10.6 Å². The van der Waals surface area contributed by atoms with Crippen LogP contribution >= 0.6 is 0 Å². The Labute approximate surface area is 105 Å². The maximum absolute atomic E-state index is 11.7. The summed E-state index contributed by atoms with van der Waals surface area (Å²) in [4.78, 5) is 11.7. The van der Waals surface area contributed by atoms with Crippen LogP contribution < -0.4 is 10.6 Å². The number of amides is 1. The molecule has 3 unspecified atom stereocenters. The van der Waals surface area contributed by atoms with Crippen LogP contribution in [0.4, 0.5) is 0 Å². The number of nitrogens with one attached hydrogen (secondary N) is 2. The molecule has 1 amide bonds. The van der Waals surface area contributed by atoms with Gasteiger partial charge < -0.3 is 15.4 Å². The first-order valence-corrected chi connectivity index (χ1v) is 6.53. The number of carbonyl (C=O) groups is 1. The summed E-state index contributed by atoms with van der Waals surface area (Å²) in [5.41, 5.74) is 0. The van der Waals surface area contributed by atoms with Gasteiger partial charge in [-0.25, -0.2) is 0 Å². The van der Waals surface area contributed by atoms with E-state index in [4.69, 9.17) is 4.74 Å². The summed E-state index contributed by atoms with van der Waals surface area (Å²) in [6, 6.07) is 0.221. The van der Waals surface area contributed by atoms with E-state index in [9.17, 15) is 4.79 Å². The van der Waals surface area contributed by atoms with E-state index >= 15 is 0 Å². The number of methoxy groups -OCH3 is 1. The molecule has 0 heterocycles. The highest BCUT2D eigenvalue weighted by Crippen LogP contribution is 2.09. The Morgan fingerprint density at radius 3 is 2.47 bits per heavy atom. The maximum Gasteiger partial charge on any atom is 0.236 e. The first-order chi connectivity index (χ1) is 8.01. The molecule has 0 aromatic carbocycles. The van der Waals surface area contributed by atoms with E-state index in [1.54, 1.807) is 7.11 Å². The first-order valence-electron chi connectivity index (χ1n) is 6.53. The lowest BCUT2D eigenvalue weighted by Crippen LogP contribution is -2.46. The third kappa shape index (κ3) is 8.16. The molecule has 0 aliphatic rings. The molecule has 0 fully saturated rings. The summed E-state index contributed by atoms with van der Waals surface area (Å²) in [5, 5.41) is 6.15. The zero-order chi connectivity index (χ0) is 13.3. The van der Waals surface area contributed by atoms with Gasteiger partial charge in [-0.3, -0.25) is 4.79 Å². The molecule has 17 heavy (non-hydrogen) atoms. The van der Waals surface area contributed by atoms with Crippen molar-refractivity contribution < 1.29 is 9.53 Å². The zero-order valence-electron chi connectivity index (χ0n) is 11.9. The molecule has 3 atom stereocenters. The van der Waals surface area contributed by atoms with Gasteiger partial charge in [0.05, 0.1) is 12.6 Å². The lowest BCUT2D eigenvalue weighted by atomic mass is 10.00. The van der Waals surface area contributed by atoms with Crippen LogP contribution in [0.3, 0.4) is 0 Å². The molecule has 0 radical (unpaired) electrons. The summed E-state index contributed by atoms with van der Waals surface area (Å²) < 4.78 is 4.89. The largest absolute Gasteiger partial charge is 0.383 e. The fourth-order valence-corrected chi connectivity index (χ4v) is 1.77. The highest BCUT2D eigenvalue weighted by molar-refractivity contribution is 5.81. The minimum Gasteiger partial charge on any atom is -0.383 e. The number of hydrogen-bond donors (Lipinski definition) is 2. The van der Waals surface area contributed by atoms with Crippen LogP contribution in [0.25, 0.3) is 0 Å². The molecule has 0 saturated carbocycles. The van der Waals surface area contributed by atoms with Gasteiger partial charge in [-0.15, -0.1) is 0 Å². The van der Waals surface area contributed by atoms with E-state index in [1.165, 1.54) is 6.42 Å². The van der Waals surface area contributed by atoms with Crippen molar-refractivity contribution in [3.05, 3.63) is 0 Å². The molecule has 2 N–H and O–H groups in total. The van der Waals surface area contributed by atoms with E-state index in [1.807, 2.05) is 6.92 Å². The molecule has 0 aromatic heterocycles. The molecule has 102 valence electrons. The lowest BCUT2D eigenvalue weighted by molar-refractivity contribution is -0.123. The highest BCUT2D eigenvalue weighted by atomic mass is 16.5. The van der Waals surface area contributed by atoms with Crippen molar-refractivity contribution in [3.8, 4) is 0 Å². The van der Waals surface area contributed by atoms with Gasteiger partial charge in [0.1, 0.15) is 0 Å². The van der Waals surface area contributed by atoms with Gasteiger partial charge in [-0.2, -0.15) is 0 Å². The molecule has 0 saturated heterocycles. The Morgan fingerprint density at radius 2 is 1.94 bits per heavy atom. The Bertz CT molecular complexity index is 210. The van der Waals surface area contributed by atoms with Crippen LogP contribution in [-0.4, -0.2) is 38.3 Å². The van der Waals surface area contributed by atoms with Gasteiger partial charge in [-0.1, -0.05) is 20.3 Å². The molecule has 0 bridgehead atoms. The van der Waals surface area contributed by atoms with Gasteiger partial charge in [0.25, 0.3) is 0 Å². The minimum atomic E-state index is -0.147. The van der Waals surface area contributed by atoms with E-state index in [-0.39, 0.29) is 11.9 Å². The van der Waals surface area contributed by atoms with Gasteiger partial charge in [0.2, 0.25) is 5.91 Å². The second kappa shape index (κ2) is 9.42. The fraction of sp³-hybridized carbons (Fsp3) is 0.923. The Hall–Kier alpha value is -0.610. The van der Waals surface area contributed by atoms with E-state index < -0.39 is 0 Å². The van der Waals surface area contributed by atoms with E-state index in [0.29, 0.717) is 25.1 Å². The summed E-state index contributed by atoms with van der Waals surface area (Å²) in [7, 11) is 1.63. The molecule has 0 spiro atoms. The maximum atomic E-state index is 11.7. The third-order valence-electron chi connectivity index (χ3n) is 2.99. The van der Waals surface area contributed by atoms with Gasteiger partial charge in [0.15, 0.2) is 0 Å². The van der Waals surface area contributed by atoms with Crippen LogP contribution in [0.2, 0.25) is 0 Å².